The fraction of sp³-hybridized carbons (Fsp3) is 0.636. The number of aliphatic hydroxyl groups excluding tert-OH is 1. The molecule has 1 aromatic heterocycles. The summed E-state index contributed by atoms with van der Waals surface area (Å²) in [6, 6.07) is 0. The van der Waals surface area contributed by atoms with Crippen molar-refractivity contribution >= 4 is 17.4 Å². The van der Waals surface area contributed by atoms with Crippen LogP contribution in [0, 0.1) is 6.92 Å². The van der Waals surface area contributed by atoms with E-state index in [1.807, 2.05) is 32.7 Å². The smallest absolute Gasteiger partial charge is 0.137 e. The summed E-state index contributed by atoms with van der Waals surface area (Å²) < 4.78 is 0. The number of likely N-dealkylation sites (N-methyl/N-ethyl adjacent to an activating group) is 1. The standard InChI is InChI=1S/C11H18ClN3O/c1-7(2)10-13-9(12)8(3)11(14-10)15(4)5-6-16/h7,16H,5-6H2,1-4H3. The number of nitrogens with zero attached hydrogens (tertiary/aromatic N) is 3. The SMILES string of the molecule is Cc1c(Cl)nc(C(C)C)nc1N(C)CCO. The van der Waals surface area contributed by atoms with Crippen LogP contribution in [0.15, 0.2) is 0 Å². The third kappa shape index (κ3) is 2.83. The molecule has 0 radical (unpaired) electrons. The van der Waals surface area contributed by atoms with Crippen molar-refractivity contribution in [1.29, 1.82) is 0 Å². The Kier molecular flexibility index (Phi) is 4.50. The maximum atomic E-state index is 8.92. The summed E-state index contributed by atoms with van der Waals surface area (Å²) >= 11 is 6.07. The first-order chi connectivity index (χ1) is 7.47. The minimum absolute atomic E-state index is 0.0918. The zero-order chi connectivity index (χ0) is 12.3. The van der Waals surface area contributed by atoms with Crippen molar-refractivity contribution in [2.45, 2.75) is 26.7 Å². The molecule has 16 heavy (non-hydrogen) atoms. The Labute approximate surface area is 101 Å². The highest BCUT2D eigenvalue weighted by Crippen LogP contribution is 2.24. The van der Waals surface area contributed by atoms with Crippen LogP contribution < -0.4 is 4.90 Å². The molecule has 1 heterocycles. The Balaban J connectivity index is 3.16. The summed E-state index contributed by atoms with van der Waals surface area (Å²) in [5.74, 6) is 1.76. The quantitative estimate of drug-likeness (QED) is 0.822. The van der Waals surface area contributed by atoms with E-state index in [-0.39, 0.29) is 12.5 Å². The Morgan fingerprint density at radius 3 is 2.50 bits per heavy atom. The van der Waals surface area contributed by atoms with Crippen LogP contribution in [0.3, 0.4) is 0 Å². The molecule has 0 spiro atoms. The number of aliphatic hydroxyl groups is 1. The zero-order valence-electron chi connectivity index (χ0n) is 10.2. The van der Waals surface area contributed by atoms with Gasteiger partial charge in [-0.1, -0.05) is 25.4 Å². The van der Waals surface area contributed by atoms with Gasteiger partial charge in [-0.3, -0.25) is 0 Å². The van der Waals surface area contributed by atoms with Crippen LogP contribution in [0.25, 0.3) is 0 Å². The molecule has 1 aromatic rings. The van der Waals surface area contributed by atoms with Crippen molar-refractivity contribution in [3.8, 4) is 0 Å². The van der Waals surface area contributed by atoms with Crippen LogP contribution in [0.5, 0.6) is 0 Å². The molecule has 0 aliphatic carbocycles. The number of anilines is 1. The van der Waals surface area contributed by atoms with Gasteiger partial charge in [0.1, 0.15) is 16.8 Å². The number of hydrogen-bond acceptors (Lipinski definition) is 4. The van der Waals surface area contributed by atoms with Crippen LogP contribution in [-0.2, 0) is 0 Å². The van der Waals surface area contributed by atoms with Gasteiger partial charge in [0.15, 0.2) is 0 Å². The molecule has 0 amide bonds. The van der Waals surface area contributed by atoms with Gasteiger partial charge in [0.05, 0.1) is 6.61 Å². The normalized spacial score (nSPS) is 10.9. The molecule has 0 fully saturated rings. The van der Waals surface area contributed by atoms with E-state index in [1.165, 1.54) is 0 Å². The highest BCUT2D eigenvalue weighted by molar-refractivity contribution is 6.30. The lowest BCUT2D eigenvalue weighted by Gasteiger charge is -2.20. The van der Waals surface area contributed by atoms with Crippen LogP contribution >= 0.6 is 11.6 Å². The van der Waals surface area contributed by atoms with Gasteiger partial charge in [-0.25, -0.2) is 9.97 Å². The van der Waals surface area contributed by atoms with Gasteiger partial charge in [0, 0.05) is 25.1 Å². The van der Waals surface area contributed by atoms with Gasteiger partial charge in [-0.05, 0) is 6.92 Å². The summed E-state index contributed by atoms with van der Waals surface area (Å²) in [6.45, 7) is 6.56. The summed E-state index contributed by atoms with van der Waals surface area (Å²) in [6.07, 6.45) is 0. The van der Waals surface area contributed by atoms with Gasteiger partial charge in [0.2, 0.25) is 0 Å². The summed E-state index contributed by atoms with van der Waals surface area (Å²) in [4.78, 5) is 10.6. The van der Waals surface area contributed by atoms with E-state index in [0.29, 0.717) is 11.7 Å². The lowest BCUT2D eigenvalue weighted by atomic mass is 10.2. The minimum Gasteiger partial charge on any atom is -0.395 e. The third-order valence-electron chi connectivity index (χ3n) is 2.39. The van der Waals surface area contributed by atoms with Crippen molar-refractivity contribution in [3.63, 3.8) is 0 Å². The van der Waals surface area contributed by atoms with Crippen LogP contribution in [0.2, 0.25) is 5.15 Å². The molecule has 0 bridgehead atoms. The van der Waals surface area contributed by atoms with Gasteiger partial charge < -0.3 is 10.0 Å². The topological polar surface area (TPSA) is 49.2 Å². The lowest BCUT2D eigenvalue weighted by Crippen LogP contribution is -2.24. The van der Waals surface area contributed by atoms with Crippen molar-refractivity contribution < 1.29 is 5.11 Å². The first kappa shape index (κ1) is 13.2. The minimum atomic E-state index is 0.0918. The maximum Gasteiger partial charge on any atom is 0.137 e. The first-order valence-corrected chi connectivity index (χ1v) is 5.71. The summed E-state index contributed by atoms with van der Waals surface area (Å²) in [5, 5.41) is 9.40. The molecule has 0 unspecified atom stereocenters. The first-order valence-electron chi connectivity index (χ1n) is 5.33. The van der Waals surface area contributed by atoms with Crippen LogP contribution in [0.4, 0.5) is 5.82 Å². The van der Waals surface area contributed by atoms with E-state index in [9.17, 15) is 0 Å². The fourth-order valence-electron chi connectivity index (χ4n) is 1.38. The molecule has 0 saturated carbocycles. The average Bonchev–Trinajstić information content (AvgIpc) is 2.21. The maximum absolute atomic E-state index is 8.92. The van der Waals surface area contributed by atoms with Crippen LogP contribution in [-0.4, -0.2) is 35.3 Å². The lowest BCUT2D eigenvalue weighted by molar-refractivity contribution is 0.303. The van der Waals surface area contributed by atoms with Gasteiger partial charge in [-0.15, -0.1) is 0 Å². The molecule has 1 N–H and O–H groups in total. The largest absolute Gasteiger partial charge is 0.395 e. The number of rotatable bonds is 4. The molecule has 4 nitrogen and oxygen atoms in total. The molecule has 1 rings (SSSR count). The van der Waals surface area contributed by atoms with E-state index in [1.54, 1.807) is 0 Å². The Bertz CT molecular complexity index is 368. The number of halogens is 1. The monoisotopic (exact) mass is 243 g/mol. The van der Waals surface area contributed by atoms with E-state index in [4.69, 9.17) is 16.7 Å². The molecule has 0 aromatic carbocycles. The van der Waals surface area contributed by atoms with Gasteiger partial charge >= 0.3 is 0 Å². The summed E-state index contributed by atoms with van der Waals surface area (Å²) in [5.41, 5.74) is 0.849. The highest BCUT2D eigenvalue weighted by Gasteiger charge is 2.14. The second kappa shape index (κ2) is 5.46. The Morgan fingerprint density at radius 1 is 1.38 bits per heavy atom. The van der Waals surface area contributed by atoms with Crippen molar-refractivity contribution in [2.24, 2.45) is 0 Å². The van der Waals surface area contributed by atoms with Gasteiger partial charge in [-0.2, -0.15) is 0 Å². The third-order valence-corrected chi connectivity index (χ3v) is 2.76. The second-order valence-electron chi connectivity index (χ2n) is 4.12. The average molecular weight is 244 g/mol. The second-order valence-corrected chi connectivity index (χ2v) is 4.48. The molecular formula is C11H18ClN3O. The molecular weight excluding hydrogens is 226 g/mol. The van der Waals surface area contributed by atoms with E-state index >= 15 is 0 Å². The zero-order valence-corrected chi connectivity index (χ0v) is 10.9. The molecule has 5 heteroatoms. The molecule has 0 saturated heterocycles. The molecule has 0 aliphatic heterocycles. The van der Waals surface area contributed by atoms with E-state index < -0.39 is 0 Å². The molecule has 0 atom stereocenters. The van der Waals surface area contributed by atoms with E-state index in [0.717, 1.165) is 17.2 Å². The van der Waals surface area contributed by atoms with Crippen molar-refractivity contribution in [1.82, 2.24) is 9.97 Å². The Morgan fingerprint density at radius 2 is 2.00 bits per heavy atom. The predicted molar refractivity (Wildman–Crippen MR) is 66.2 cm³/mol. The highest BCUT2D eigenvalue weighted by atomic mass is 35.5. The van der Waals surface area contributed by atoms with Gasteiger partial charge in [0.25, 0.3) is 0 Å². The molecule has 0 aliphatic rings. The fourth-order valence-corrected chi connectivity index (χ4v) is 1.55. The number of aromatic nitrogens is 2. The predicted octanol–water partition coefficient (Wildman–Crippen LogP) is 1.99. The van der Waals surface area contributed by atoms with Crippen molar-refractivity contribution in [2.75, 3.05) is 25.1 Å². The van der Waals surface area contributed by atoms with Crippen LogP contribution in [0.1, 0.15) is 31.2 Å². The molecule has 90 valence electrons. The van der Waals surface area contributed by atoms with Crippen molar-refractivity contribution in [3.05, 3.63) is 16.5 Å². The Hall–Kier alpha value is -0.870. The summed E-state index contributed by atoms with van der Waals surface area (Å²) in [7, 11) is 1.88. The number of hydrogen-bond donors (Lipinski definition) is 1. The van der Waals surface area contributed by atoms with E-state index in [2.05, 4.69) is 9.97 Å².